The van der Waals surface area contributed by atoms with E-state index in [1.165, 1.54) is 0 Å². The van der Waals surface area contributed by atoms with E-state index in [2.05, 4.69) is 10.6 Å². The van der Waals surface area contributed by atoms with E-state index in [1.54, 1.807) is 22.8 Å². The van der Waals surface area contributed by atoms with Crippen molar-refractivity contribution in [2.24, 2.45) is 5.41 Å². The molecule has 0 aliphatic carbocycles. The maximum atomic E-state index is 13.3. The lowest BCUT2D eigenvalue weighted by molar-refractivity contribution is -0.127. The Balaban J connectivity index is 0.00000145. The molecule has 3 amide bonds. The normalized spacial score (nSPS) is 18.3. The summed E-state index contributed by atoms with van der Waals surface area (Å²) in [6.45, 7) is 16.0. The molecule has 2 N–H and O–H groups in total. The first kappa shape index (κ1) is 30.9. The first-order chi connectivity index (χ1) is 16.7. The van der Waals surface area contributed by atoms with E-state index in [-0.39, 0.29) is 23.8 Å². The molecule has 2 aliphatic rings. The molecule has 0 saturated carbocycles. The number of carbonyl (C=O) groups is 3. The molecule has 8 heteroatoms. The molecule has 1 aromatic rings. The first-order valence-electron chi connectivity index (χ1n) is 13.0. The van der Waals surface area contributed by atoms with Crippen LogP contribution < -0.4 is 15.5 Å². The van der Waals surface area contributed by atoms with Gasteiger partial charge in [0.1, 0.15) is 0 Å². The number of benzene rings is 1. The number of nitrogens with zero attached hydrogens (tertiary/aromatic N) is 2. The molecular formula is C27H45ClN4O3. The number of hydrogen-bond acceptors (Lipinski definition) is 4. The third-order valence-electron chi connectivity index (χ3n) is 6.26. The van der Waals surface area contributed by atoms with E-state index in [0.29, 0.717) is 42.2 Å². The van der Waals surface area contributed by atoms with E-state index in [4.69, 9.17) is 11.6 Å². The molecule has 1 aromatic carbocycles. The van der Waals surface area contributed by atoms with Crippen molar-refractivity contribution >= 4 is 35.0 Å². The fraction of sp³-hybridized carbons (Fsp3) is 0.667. The molecular weight excluding hydrogens is 464 g/mol. The minimum Gasteiger partial charge on any atom is -0.354 e. The number of anilines is 1. The third-order valence-corrected chi connectivity index (χ3v) is 6.58. The molecule has 0 radical (unpaired) electrons. The molecule has 35 heavy (non-hydrogen) atoms. The number of fused-ring (bicyclic) bond motifs is 1. The van der Waals surface area contributed by atoms with Gasteiger partial charge in [-0.25, -0.2) is 0 Å². The van der Waals surface area contributed by atoms with Gasteiger partial charge in [0.05, 0.1) is 10.6 Å². The zero-order chi connectivity index (χ0) is 26.8. The number of piperidine rings is 1. The van der Waals surface area contributed by atoms with Gasteiger partial charge in [-0.2, -0.15) is 0 Å². The van der Waals surface area contributed by atoms with Crippen molar-refractivity contribution in [3.8, 4) is 0 Å². The molecule has 7 nitrogen and oxygen atoms in total. The molecule has 0 aromatic heterocycles. The van der Waals surface area contributed by atoms with Crippen molar-refractivity contribution in [2.75, 3.05) is 38.1 Å². The minimum atomic E-state index is -0.582. The SMILES string of the molecule is CC.CC.CCC(=O)NCCN1C(=O)C(C)(C)Cc2cc(Cl)c(C(=O)N(C)[C@@H]3CCCNC3)cc21. The Morgan fingerprint density at radius 2 is 1.89 bits per heavy atom. The van der Waals surface area contributed by atoms with Crippen molar-refractivity contribution in [2.45, 2.75) is 80.2 Å². The Morgan fingerprint density at radius 1 is 1.23 bits per heavy atom. The van der Waals surface area contributed by atoms with Gasteiger partial charge in [0.15, 0.2) is 0 Å². The van der Waals surface area contributed by atoms with Gasteiger partial charge in [-0.05, 0) is 43.5 Å². The maximum absolute atomic E-state index is 13.3. The summed E-state index contributed by atoms with van der Waals surface area (Å²) in [4.78, 5) is 41.5. The fourth-order valence-electron chi connectivity index (χ4n) is 4.36. The number of hydrogen-bond donors (Lipinski definition) is 2. The Bertz CT molecular complexity index is 866. The van der Waals surface area contributed by atoms with Gasteiger partial charge < -0.3 is 20.4 Å². The molecule has 1 saturated heterocycles. The van der Waals surface area contributed by atoms with E-state index in [1.807, 2.05) is 54.7 Å². The third kappa shape index (κ3) is 7.68. The van der Waals surface area contributed by atoms with Crippen LogP contribution in [0.25, 0.3) is 0 Å². The summed E-state index contributed by atoms with van der Waals surface area (Å²) in [5, 5.41) is 6.56. The van der Waals surface area contributed by atoms with Crippen molar-refractivity contribution in [1.29, 1.82) is 0 Å². The molecule has 2 aliphatic heterocycles. The van der Waals surface area contributed by atoms with Gasteiger partial charge >= 0.3 is 0 Å². The van der Waals surface area contributed by atoms with Crippen molar-refractivity contribution in [1.82, 2.24) is 15.5 Å². The minimum absolute atomic E-state index is 0.0173. The number of nitrogens with one attached hydrogen (secondary N) is 2. The smallest absolute Gasteiger partial charge is 0.255 e. The van der Waals surface area contributed by atoms with Crippen LogP contribution >= 0.6 is 11.6 Å². The molecule has 0 unspecified atom stereocenters. The molecule has 0 spiro atoms. The predicted molar refractivity (Wildman–Crippen MR) is 145 cm³/mol. The second-order valence-corrected chi connectivity index (χ2v) is 9.51. The van der Waals surface area contributed by atoms with Crippen LogP contribution in [0, 0.1) is 5.41 Å². The van der Waals surface area contributed by atoms with E-state index in [0.717, 1.165) is 31.5 Å². The van der Waals surface area contributed by atoms with Gasteiger partial charge in [-0.15, -0.1) is 0 Å². The Morgan fingerprint density at radius 3 is 2.46 bits per heavy atom. The van der Waals surface area contributed by atoms with Crippen LogP contribution in [0.5, 0.6) is 0 Å². The van der Waals surface area contributed by atoms with Gasteiger partial charge in [0.2, 0.25) is 11.8 Å². The Hall–Kier alpha value is -2.12. The molecule has 3 rings (SSSR count). The van der Waals surface area contributed by atoms with Crippen molar-refractivity contribution < 1.29 is 14.4 Å². The summed E-state index contributed by atoms with van der Waals surface area (Å²) in [6.07, 6.45) is 2.93. The standard InChI is InChI=1S/C23H33ClN4O3.2C2H6/c1-5-20(29)26-9-10-28-19-12-17(21(30)27(4)16-7-6-8-25-14-16)18(24)11-15(19)13-23(2,3)22(28)31;2*1-2/h11-12,16,25H,5-10,13-14H2,1-4H3,(H,26,29);2*1-2H3/t16-;;/m1../s1. The second-order valence-electron chi connectivity index (χ2n) is 9.10. The largest absolute Gasteiger partial charge is 0.354 e. The van der Waals surface area contributed by atoms with Crippen LogP contribution in [0.1, 0.15) is 83.7 Å². The van der Waals surface area contributed by atoms with Gasteiger partial charge in [-0.1, -0.05) is 60.1 Å². The lowest BCUT2D eigenvalue weighted by Crippen LogP contribution is -2.49. The summed E-state index contributed by atoms with van der Waals surface area (Å²) in [7, 11) is 1.81. The maximum Gasteiger partial charge on any atom is 0.255 e. The molecule has 2 heterocycles. The summed E-state index contributed by atoms with van der Waals surface area (Å²) in [6, 6.07) is 3.69. The second kappa shape index (κ2) is 14.4. The monoisotopic (exact) mass is 508 g/mol. The van der Waals surface area contributed by atoms with E-state index in [9.17, 15) is 14.4 Å². The average Bonchev–Trinajstić information content (AvgIpc) is 2.88. The number of likely N-dealkylation sites (N-methyl/N-ethyl adjacent to an activating group) is 1. The van der Waals surface area contributed by atoms with Gasteiger partial charge in [-0.3, -0.25) is 14.4 Å². The molecule has 1 fully saturated rings. The lowest BCUT2D eigenvalue weighted by Gasteiger charge is -2.39. The summed E-state index contributed by atoms with van der Waals surface area (Å²) in [5.74, 6) is -0.215. The van der Waals surface area contributed by atoms with Crippen molar-refractivity contribution in [3.05, 3.63) is 28.3 Å². The van der Waals surface area contributed by atoms with Crippen LogP contribution in [0.2, 0.25) is 5.02 Å². The summed E-state index contributed by atoms with van der Waals surface area (Å²) >= 11 is 6.56. The van der Waals surface area contributed by atoms with Crippen LogP contribution in [-0.2, 0) is 16.0 Å². The number of amides is 3. The first-order valence-corrected chi connectivity index (χ1v) is 13.4. The lowest BCUT2D eigenvalue weighted by atomic mass is 9.80. The average molecular weight is 509 g/mol. The van der Waals surface area contributed by atoms with E-state index >= 15 is 0 Å². The van der Waals surface area contributed by atoms with Crippen LogP contribution in [0.3, 0.4) is 0 Å². The topological polar surface area (TPSA) is 81.8 Å². The Labute approximate surface area is 217 Å². The number of carbonyl (C=O) groups excluding carboxylic acids is 3. The fourth-order valence-corrected chi connectivity index (χ4v) is 4.63. The summed E-state index contributed by atoms with van der Waals surface area (Å²) in [5.41, 5.74) is 1.47. The molecule has 0 bridgehead atoms. The van der Waals surface area contributed by atoms with Crippen LogP contribution in [0.15, 0.2) is 12.1 Å². The highest BCUT2D eigenvalue weighted by molar-refractivity contribution is 6.34. The highest BCUT2D eigenvalue weighted by atomic mass is 35.5. The highest BCUT2D eigenvalue weighted by Gasteiger charge is 2.39. The number of rotatable bonds is 6. The van der Waals surface area contributed by atoms with Crippen LogP contribution in [-0.4, -0.2) is 61.9 Å². The van der Waals surface area contributed by atoms with Gasteiger partial charge in [0, 0.05) is 50.2 Å². The van der Waals surface area contributed by atoms with Crippen LogP contribution in [0.4, 0.5) is 5.69 Å². The predicted octanol–water partition coefficient (Wildman–Crippen LogP) is 4.66. The van der Waals surface area contributed by atoms with E-state index < -0.39 is 5.41 Å². The zero-order valence-electron chi connectivity index (χ0n) is 22.9. The Kier molecular flexibility index (Phi) is 12.8. The molecule has 198 valence electrons. The molecule has 1 atom stereocenters. The number of halogens is 1. The summed E-state index contributed by atoms with van der Waals surface area (Å²) < 4.78 is 0. The highest BCUT2D eigenvalue weighted by Crippen LogP contribution is 2.40. The van der Waals surface area contributed by atoms with Crippen molar-refractivity contribution in [3.63, 3.8) is 0 Å². The van der Waals surface area contributed by atoms with Gasteiger partial charge in [0.25, 0.3) is 5.91 Å². The quantitative estimate of drug-likeness (QED) is 0.585. The zero-order valence-corrected chi connectivity index (χ0v) is 23.6.